The first-order valence-electron chi connectivity index (χ1n) is 9.35. The predicted molar refractivity (Wildman–Crippen MR) is 101 cm³/mol. The lowest BCUT2D eigenvalue weighted by molar-refractivity contribution is -0.155. The Hall–Kier alpha value is -0.900. The van der Waals surface area contributed by atoms with E-state index in [0.29, 0.717) is 6.61 Å². The van der Waals surface area contributed by atoms with E-state index in [1.54, 1.807) is 0 Å². The van der Waals surface area contributed by atoms with Crippen molar-refractivity contribution in [1.29, 1.82) is 0 Å². The molecule has 0 aromatic heterocycles. The first kappa shape index (κ1) is 21.1. The van der Waals surface area contributed by atoms with Crippen LogP contribution in [0, 0.1) is 0 Å². The Balaban J connectivity index is 2.16. The van der Waals surface area contributed by atoms with Gasteiger partial charge in [-0.15, -0.1) is 0 Å². The second-order valence-corrected chi connectivity index (χ2v) is 7.12. The minimum absolute atomic E-state index is 0.00262. The molecule has 0 saturated carbocycles. The Kier molecular flexibility index (Phi) is 11.0. The van der Waals surface area contributed by atoms with Gasteiger partial charge in [-0.2, -0.15) is 0 Å². The third-order valence-corrected chi connectivity index (χ3v) is 4.24. The van der Waals surface area contributed by atoms with E-state index in [0.717, 1.165) is 45.1 Å². The van der Waals surface area contributed by atoms with Crippen molar-refractivity contribution < 1.29 is 14.6 Å². The highest BCUT2D eigenvalue weighted by Gasteiger charge is 2.12. The van der Waals surface area contributed by atoms with Gasteiger partial charge in [0.2, 0.25) is 0 Å². The van der Waals surface area contributed by atoms with Crippen LogP contribution in [0.1, 0.15) is 72.6 Å². The summed E-state index contributed by atoms with van der Waals surface area (Å²) < 4.78 is 11.3. The van der Waals surface area contributed by atoms with Gasteiger partial charge < -0.3 is 14.6 Å². The summed E-state index contributed by atoms with van der Waals surface area (Å²) in [5.74, 6) is 0. The van der Waals surface area contributed by atoms with Gasteiger partial charge in [-0.25, -0.2) is 0 Å². The molecule has 1 fully saturated rings. The summed E-state index contributed by atoms with van der Waals surface area (Å²) in [6.45, 7) is 9.83. The smallest absolute Gasteiger partial charge is 0.157 e. The lowest BCUT2D eigenvalue weighted by atomic mass is 10.0. The first-order valence-corrected chi connectivity index (χ1v) is 9.35. The number of aliphatic hydroxyl groups is 1. The maximum absolute atomic E-state index is 9.85. The average molecular weight is 337 g/mol. The molecule has 2 atom stereocenters. The molecule has 0 amide bonds. The monoisotopic (exact) mass is 336 g/mol. The molecule has 24 heavy (non-hydrogen) atoms. The predicted octanol–water partition coefficient (Wildman–Crippen LogP) is 5.31. The van der Waals surface area contributed by atoms with Crippen molar-refractivity contribution in [2.24, 2.45) is 0 Å². The van der Waals surface area contributed by atoms with Crippen LogP contribution in [0.25, 0.3) is 0 Å². The van der Waals surface area contributed by atoms with Crippen LogP contribution in [-0.4, -0.2) is 30.7 Å². The molecule has 138 valence electrons. The van der Waals surface area contributed by atoms with Gasteiger partial charge in [0.25, 0.3) is 0 Å². The molecule has 1 saturated heterocycles. The SMILES string of the molecule is CC(C)=CC(O)CC/C(C)=C/CC/C(C)=C/COC1CCCCO1. The molecular weight excluding hydrogens is 300 g/mol. The highest BCUT2D eigenvalue weighted by molar-refractivity contribution is 5.05. The summed E-state index contributed by atoms with van der Waals surface area (Å²) in [7, 11) is 0. The molecule has 1 aliphatic heterocycles. The van der Waals surface area contributed by atoms with Crippen LogP contribution in [-0.2, 0) is 9.47 Å². The summed E-state index contributed by atoms with van der Waals surface area (Å²) in [5, 5.41) is 9.85. The zero-order valence-electron chi connectivity index (χ0n) is 16.0. The van der Waals surface area contributed by atoms with Crippen LogP contribution in [0.15, 0.2) is 34.9 Å². The van der Waals surface area contributed by atoms with Gasteiger partial charge in [-0.3, -0.25) is 0 Å². The van der Waals surface area contributed by atoms with E-state index in [1.165, 1.54) is 23.1 Å². The topological polar surface area (TPSA) is 38.7 Å². The number of aliphatic hydroxyl groups excluding tert-OH is 1. The second kappa shape index (κ2) is 12.5. The molecule has 3 nitrogen and oxygen atoms in total. The maximum Gasteiger partial charge on any atom is 0.157 e. The van der Waals surface area contributed by atoms with E-state index in [2.05, 4.69) is 26.0 Å². The van der Waals surface area contributed by atoms with Crippen molar-refractivity contribution in [3.05, 3.63) is 34.9 Å². The van der Waals surface area contributed by atoms with Crippen LogP contribution in [0.4, 0.5) is 0 Å². The highest BCUT2D eigenvalue weighted by atomic mass is 16.7. The maximum atomic E-state index is 9.85. The fourth-order valence-corrected chi connectivity index (χ4v) is 2.73. The largest absolute Gasteiger partial charge is 0.389 e. The minimum Gasteiger partial charge on any atom is -0.389 e. The van der Waals surface area contributed by atoms with E-state index in [1.807, 2.05) is 19.9 Å². The fourth-order valence-electron chi connectivity index (χ4n) is 2.73. The molecule has 0 radical (unpaired) electrons. The van der Waals surface area contributed by atoms with Gasteiger partial charge in [0.1, 0.15) is 0 Å². The summed E-state index contributed by atoms with van der Waals surface area (Å²) >= 11 is 0. The summed E-state index contributed by atoms with van der Waals surface area (Å²) in [6, 6.07) is 0. The lowest BCUT2D eigenvalue weighted by Gasteiger charge is -2.22. The molecule has 1 heterocycles. The lowest BCUT2D eigenvalue weighted by Crippen LogP contribution is -2.22. The molecule has 1 aliphatic rings. The zero-order chi connectivity index (χ0) is 17.8. The number of allylic oxidation sites excluding steroid dienone is 4. The molecule has 0 spiro atoms. The van der Waals surface area contributed by atoms with Crippen molar-refractivity contribution >= 4 is 0 Å². The second-order valence-electron chi connectivity index (χ2n) is 7.12. The van der Waals surface area contributed by atoms with Crippen molar-refractivity contribution in [2.75, 3.05) is 13.2 Å². The van der Waals surface area contributed by atoms with Crippen molar-refractivity contribution in [3.8, 4) is 0 Å². The number of rotatable bonds is 10. The van der Waals surface area contributed by atoms with E-state index in [4.69, 9.17) is 9.47 Å². The number of ether oxygens (including phenoxy) is 2. The molecule has 1 N–H and O–H groups in total. The Morgan fingerprint density at radius 2 is 1.88 bits per heavy atom. The quantitative estimate of drug-likeness (QED) is 0.549. The third-order valence-electron chi connectivity index (χ3n) is 4.24. The summed E-state index contributed by atoms with van der Waals surface area (Å²) in [4.78, 5) is 0. The van der Waals surface area contributed by atoms with Crippen LogP contribution >= 0.6 is 0 Å². The Morgan fingerprint density at radius 3 is 2.54 bits per heavy atom. The molecule has 0 aromatic carbocycles. The average Bonchev–Trinajstić information content (AvgIpc) is 2.53. The standard InChI is InChI=1S/C21H36O3/c1-17(2)16-20(22)12-11-18(3)8-7-9-19(4)13-15-24-21-10-5-6-14-23-21/h8,13,16,20-22H,5-7,9-12,14-15H2,1-4H3/b18-8+,19-13+. The molecule has 0 aromatic rings. The number of hydrogen-bond acceptors (Lipinski definition) is 3. The van der Waals surface area contributed by atoms with Crippen LogP contribution in [0.5, 0.6) is 0 Å². The Bertz CT molecular complexity index is 424. The van der Waals surface area contributed by atoms with Gasteiger partial charge in [-0.1, -0.05) is 34.9 Å². The molecule has 0 aliphatic carbocycles. The van der Waals surface area contributed by atoms with Gasteiger partial charge in [0, 0.05) is 6.61 Å². The van der Waals surface area contributed by atoms with Crippen LogP contribution in [0.3, 0.4) is 0 Å². The van der Waals surface area contributed by atoms with Crippen molar-refractivity contribution in [1.82, 2.24) is 0 Å². The third kappa shape index (κ3) is 10.8. The van der Waals surface area contributed by atoms with Gasteiger partial charge in [0.05, 0.1) is 12.7 Å². The zero-order valence-corrected chi connectivity index (χ0v) is 16.0. The normalized spacial score (nSPS) is 20.8. The molecule has 2 unspecified atom stereocenters. The fraction of sp³-hybridized carbons (Fsp3) is 0.714. The number of hydrogen-bond donors (Lipinski definition) is 1. The van der Waals surface area contributed by atoms with Crippen molar-refractivity contribution in [3.63, 3.8) is 0 Å². The van der Waals surface area contributed by atoms with Gasteiger partial charge in [-0.05, 0) is 72.6 Å². The Morgan fingerprint density at radius 1 is 1.12 bits per heavy atom. The van der Waals surface area contributed by atoms with Gasteiger partial charge in [0.15, 0.2) is 6.29 Å². The van der Waals surface area contributed by atoms with Crippen LogP contribution < -0.4 is 0 Å². The molecular formula is C21H36O3. The molecule has 1 rings (SSSR count). The minimum atomic E-state index is -0.320. The summed E-state index contributed by atoms with van der Waals surface area (Å²) in [5.41, 5.74) is 3.89. The molecule has 3 heteroatoms. The van der Waals surface area contributed by atoms with E-state index in [9.17, 15) is 5.11 Å². The molecule has 0 bridgehead atoms. The first-order chi connectivity index (χ1) is 11.5. The van der Waals surface area contributed by atoms with E-state index < -0.39 is 0 Å². The van der Waals surface area contributed by atoms with Gasteiger partial charge >= 0.3 is 0 Å². The Labute approximate surface area is 148 Å². The highest BCUT2D eigenvalue weighted by Crippen LogP contribution is 2.15. The van der Waals surface area contributed by atoms with E-state index in [-0.39, 0.29) is 12.4 Å². The van der Waals surface area contributed by atoms with Crippen LogP contribution in [0.2, 0.25) is 0 Å². The van der Waals surface area contributed by atoms with E-state index >= 15 is 0 Å². The van der Waals surface area contributed by atoms with Crippen molar-refractivity contribution in [2.45, 2.75) is 85.0 Å². The summed E-state index contributed by atoms with van der Waals surface area (Å²) in [6.07, 6.45) is 13.3.